The van der Waals surface area contributed by atoms with E-state index in [1.165, 1.54) is 152 Å². The van der Waals surface area contributed by atoms with Gasteiger partial charge in [0.15, 0.2) is 6.29 Å². The van der Waals surface area contributed by atoms with Gasteiger partial charge in [-0.1, -0.05) is 168 Å². The van der Waals surface area contributed by atoms with Crippen LogP contribution in [0.3, 0.4) is 0 Å². The van der Waals surface area contributed by atoms with Crippen LogP contribution in [0.2, 0.25) is 0 Å². The zero-order valence-corrected chi connectivity index (χ0v) is 38.8. The van der Waals surface area contributed by atoms with Crippen molar-refractivity contribution in [3.05, 3.63) is 11.9 Å². The van der Waals surface area contributed by atoms with Crippen LogP contribution in [0.5, 0.6) is 0 Å². The van der Waals surface area contributed by atoms with Gasteiger partial charge in [0.25, 0.3) is 0 Å². The zero-order valence-electron chi connectivity index (χ0n) is 38.0. The number of unbranched alkanes of at least 4 members (excludes halogenated alkanes) is 23. The van der Waals surface area contributed by atoms with E-state index >= 15 is 4.39 Å². The van der Waals surface area contributed by atoms with Gasteiger partial charge in [-0.2, -0.15) is 0 Å². The van der Waals surface area contributed by atoms with Gasteiger partial charge in [-0.15, -0.1) is 0 Å². The van der Waals surface area contributed by atoms with E-state index in [4.69, 9.17) is 9.47 Å². The molecule has 1 rings (SSSR count). The lowest BCUT2D eigenvalue weighted by atomic mass is 9.93. The summed E-state index contributed by atoms with van der Waals surface area (Å²) in [6.07, 6.45) is 27.7. The van der Waals surface area contributed by atoms with Crippen LogP contribution in [0.4, 0.5) is 4.39 Å². The van der Waals surface area contributed by atoms with Crippen molar-refractivity contribution in [1.82, 2.24) is 0 Å². The van der Waals surface area contributed by atoms with Crippen LogP contribution in [-0.2, 0) is 9.47 Å². The third-order valence-corrected chi connectivity index (χ3v) is 16.2. The number of allylic oxidation sites excluding steroid dienone is 1. The Bertz CT molecular complexity index is 943. The Morgan fingerprint density at radius 2 is 1.02 bits per heavy atom. The molecule has 0 radical (unpaired) electrons. The van der Waals surface area contributed by atoms with Crippen molar-refractivity contribution in [2.24, 2.45) is 5.92 Å². The Morgan fingerprint density at radius 1 is 0.603 bits per heavy atom. The Morgan fingerprint density at radius 3 is 1.47 bits per heavy atom. The van der Waals surface area contributed by atoms with Gasteiger partial charge in [-0.25, -0.2) is 14.4 Å². The van der Waals surface area contributed by atoms with Crippen molar-refractivity contribution < 1.29 is 44.5 Å². The summed E-state index contributed by atoms with van der Waals surface area (Å²) in [5.74, 6) is 2.85. The first-order valence-corrected chi connectivity index (χ1v) is 26.9. The molecule has 1 heterocycles. The second-order valence-corrected chi connectivity index (χ2v) is 22.2. The topological polar surface area (TPSA) is 140 Å². The molecule has 0 amide bonds. The van der Waals surface area contributed by atoms with Crippen LogP contribution in [0, 0.1) is 5.92 Å². The molecule has 0 aromatic carbocycles. The summed E-state index contributed by atoms with van der Waals surface area (Å²) >= 11 is 0. The fourth-order valence-electron chi connectivity index (χ4n) is 8.31. The molecule has 1 fully saturated rings. The summed E-state index contributed by atoms with van der Waals surface area (Å²) in [5, 5.41) is 62.7. The molecule has 1 aliphatic rings. The molecule has 1 saturated heterocycles. The Labute approximate surface area is 357 Å². The average molecular weight is 851 g/mol. The minimum Gasteiger partial charge on any atom is -0.394 e. The number of hydrogen-bond donors (Lipinski definition) is 6. The van der Waals surface area contributed by atoms with Crippen LogP contribution in [0.25, 0.3) is 0 Å². The zero-order chi connectivity index (χ0) is 42.9. The minimum absolute atomic E-state index is 0.233. The predicted octanol–water partition coefficient (Wildman–Crippen LogP) is 10.8. The highest BCUT2D eigenvalue weighted by Crippen LogP contribution is 2.47. The van der Waals surface area contributed by atoms with E-state index in [0.717, 1.165) is 38.5 Å². The lowest BCUT2D eigenvalue weighted by Crippen LogP contribution is -2.59. The second kappa shape index (κ2) is 36.2. The second-order valence-electron chi connectivity index (χ2n) is 18.0. The summed E-state index contributed by atoms with van der Waals surface area (Å²) in [4.78, 5) is 0. The molecule has 0 saturated carbocycles. The molecule has 348 valence electrons. The molecule has 8 atom stereocenters. The highest BCUT2D eigenvalue weighted by atomic mass is 32.3. The molecule has 10 heteroatoms. The number of ether oxygens (including phenoxy) is 2. The van der Waals surface area contributed by atoms with E-state index in [-0.39, 0.29) is 18.9 Å². The molecule has 0 bridgehead atoms. The molecular formula is C48H95FO8S. The normalized spacial score (nSPS) is 22.3. The number of hydrogen-bond acceptors (Lipinski definition) is 8. The molecule has 5 unspecified atom stereocenters. The summed E-state index contributed by atoms with van der Waals surface area (Å²) < 4.78 is 26.7. The number of aliphatic hydroxyl groups is 6. The van der Waals surface area contributed by atoms with Gasteiger partial charge in [-0.3, -0.25) is 0 Å². The van der Waals surface area contributed by atoms with Crippen molar-refractivity contribution in [2.45, 2.75) is 250 Å². The Balaban J connectivity index is 2.65. The fraction of sp³-hybridized carbons (Fsp3) is 0.958. The minimum atomic E-state index is -1.61. The number of halogens is 1. The van der Waals surface area contributed by atoms with Crippen LogP contribution in [0.1, 0.15) is 207 Å². The van der Waals surface area contributed by atoms with Gasteiger partial charge in [0.1, 0.15) is 24.4 Å². The van der Waals surface area contributed by atoms with Crippen molar-refractivity contribution >= 4 is 10.0 Å². The summed E-state index contributed by atoms with van der Waals surface area (Å²) in [6.45, 7) is 5.91. The van der Waals surface area contributed by atoms with Crippen molar-refractivity contribution in [3.8, 4) is 0 Å². The molecule has 58 heavy (non-hydrogen) atoms. The van der Waals surface area contributed by atoms with Gasteiger partial charge in [0.2, 0.25) is 0 Å². The predicted molar refractivity (Wildman–Crippen MR) is 243 cm³/mol. The van der Waals surface area contributed by atoms with E-state index in [1.54, 1.807) is 0 Å². The summed E-state index contributed by atoms with van der Waals surface area (Å²) in [5.41, 5.74) is 0. The monoisotopic (exact) mass is 851 g/mol. The maximum atomic E-state index is 15.5. The number of rotatable bonds is 40. The third kappa shape index (κ3) is 26.2. The standard InChI is InChI=1S/C48H95FO8S/c1-5-8-11-14-15-16-17-18-19-20-23-28-33-42(51)44(52)40(39-56-48-47(55)46(54)45(53)43(38-50)57-48)37-41(49)32-27-22-21-26-31-36-58(4,34-29-24-12-9-6-2)35-30-25-13-10-7-3/h37,40,42-48,50-55H,5-36,38-39H2,1-4H3/b41-37+/t40-,42+,43?,44-,45?,46?,47?,48?/m0/s1. The van der Waals surface area contributed by atoms with Gasteiger partial charge in [0.05, 0.1) is 31.2 Å². The summed E-state index contributed by atoms with van der Waals surface area (Å²) in [6, 6.07) is 0. The molecule has 6 N–H and O–H groups in total. The first-order chi connectivity index (χ1) is 28.0. The highest BCUT2D eigenvalue weighted by molar-refractivity contribution is 8.33. The molecule has 0 spiro atoms. The lowest BCUT2D eigenvalue weighted by molar-refractivity contribution is -0.303. The maximum Gasteiger partial charge on any atom is 0.186 e. The molecule has 1 aliphatic heterocycles. The number of aliphatic hydroxyl groups excluding tert-OH is 6. The average Bonchev–Trinajstić information content (AvgIpc) is 3.21. The highest BCUT2D eigenvalue weighted by Gasteiger charge is 2.44. The van der Waals surface area contributed by atoms with Crippen LogP contribution in [-0.4, -0.2) is 110 Å². The maximum absolute atomic E-state index is 15.5. The van der Waals surface area contributed by atoms with Crippen LogP contribution >= 0.6 is 10.0 Å². The van der Waals surface area contributed by atoms with E-state index in [1.807, 2.05) is 0 Å². The first kappa shape index (κ1) is 55.7. The molecule has 0 aromatic rings. The van der Waals surface area contributed by atoms with Crippen LogP contribution in [0.15, 0.2) is 11.9 Å². The smallest absolute Gasteiger partial charge is 0.186 e. The molecule has 0 aliphatic carbocycles. The van der Waals surface area contributed by atoms with Crippen LogP contribution < -0.4 is 0 Å². The van der Waals surface area contributed by atoms with E-state index < -0.39 is 65.5 Å². The molecule has 0 aromatic heterocycles. The summed E-state index contributed by atoms with van der Waals surface area (Å²) in [7, 11) is -0.582. The van der Waals surface area contributed by atoms with E-state index in [2.05, 4.69) is 27.0 Å². The quantitative estimate of drug-likeness (QED) is 0.0335. The van der Waals surface area contributed by atoms with Crippen molar-refractivity contribution in [1.29, 1.82) is 0 Å². The third-order valence-electron chi connectivity index (χ3n) is 12.4. The van der Waals surface area contributed by atoms with Crippen molar-refractivity contribution in [3.63, 3.8) is 0 Å². The molecular weight excluding hydrogens is 756 g/mol. The SMILES string of the molecule is CCCCCCCCCCCCCC[C@@H](O)[C@@H](O)[C@@H](/C=C(/F)CCCCCCCS(C)(CCCCCCC)CCCCCCC)COC1OC(CO)C(O)C(O)C1O. The molecule has 8 nitrogen and oxygen atoms in total. The fourth-order valence-corrected chi connectivity index (χ4v) is 11.6. The van der Waals surface area contributed by atoms with Gasteiger partial charge >= 0.3 is 0 Å². The Hall–Kier alpha value is -0.300. The Kier molecular flexibility index (Phi) is 34.8. The lowest BCUT2D eigenvalue weighted by Gasteiger charge is -2.40. The van der Waals surface area contributed by atoms with Gasteiger partial charge in [-0.05, 0) is 68.1 Å². The van der Waals surface area contributed by atoms with Gasteiger partial charge < -0.3 is 40.1 Å². The first-order valence-electron chi connectivity index (χ1n) is 24.4. The largest absolute Gasteiger partial charge is 0.394 e. The van der Waals surface area contributed by atoms with E-state index in [9.17, 15) is 30.6 Å². The van der Waals surface area contributed by atoms with E-state index in [0.29, 0.717) is 12.8 Å². The van der Waals surface area contributed by atoms with Crippen molar-refractivity contribution in [2.75, 3.05) is 36.7 Å². The van der Waals surface area contributed by atoms with Gasteiger partial charge in [0, 0.05) is 5.92 Å².